The van der Waals surface area contributed by atoms with E-state index < -0.39 is 16.1 Å². The third kappa shape index (κ3) is 5.26. The molecule has 0 bridgehead atoms. The summed E-state index contributed by atoms with van der Waals surface area (Å²) in [4.78, 5) is 13.2. The maximum Gasteiger partial charge on any atom is 0.243 e. The fourth-order valence-electron chi connectivity index (χ4n) is 4.09. The van der Waals surface area contributed by atoms with Crippen LogP contribution in [0.1, 0.15) is 36.9 Å². The Balaban J connectivity index is 1.41. The molecule has 0 spiro atoms. The van der Waals surface area contributed by atoms with E-state index in [1.807, 2.05) is 49.4 Å². The summed E-state index contributed by atoms with van der Waals surface area (Å²) in [5.74, 6) is -0.304. The first-order valence-electron chi connectivity index (χ1n) is 11.2. The van der Waals surface area contributed by atoms with Gasteiger partial charge >= 0.3 is 0 Å². The van der Waals surface area contributed by atoms with Gasteiger partial charge < -0.3 is 10.6 Å². The van der Waals surface area contributed by atoms with Crippen molar-refractivity contribution < 1.29 is 13.2 Å². The van der Waals surface area contributed by atoms with Gasteiger partial charge in [0, 0.05) is 24.0 Å². The van der Waals surface area contributed by atoms with E-state index in [2.05, 4.69) is 29.7 Å². The van der Waals surface area contributed by atoms with Crippen molar-refractivity contribution in [3.8, 4) is 0 Å². The normalized spacial score (nSPS) is 17.5. The van der Waals surface area contributed by atoms with Crippen molar-refractivity contribution in [2.45, 2.75) is 43.7 Å². The van der Waals surface area contributed by atoms with E-state index >= 15 is 0 Å². The number of amides is 1. The van der Waals surface area contributed by atoms with E-state index in [0.29, 0.717) is 25.1 Å². The minimum atomic E-state index is -3.73. The Morgan fingerprint density at radius 2 is 1.58 bits per heavy atom. The first kappa shape index (κ1) is 23.0. The monoisotopic (exact) mass is 463 g/mol. The summed E-state index contributed by atoms with van der Waals surface area (Å²) in [6, 6.07) is 23.8. The van der Waals surface area contributed by atoms with Crippen LogP contribution in [0.15, 0.2) is 83.8 Å². The highest BCUT2D eigenvalue weighted by Crippen LogP contribution is 2.28. The van der Waals surface area contributed by atoms with Crippen LogP contribution in [0.2, 0.25) is 0 Å². The summed E-state index contributed by atoms with van der Waals surface area (Å²) >= 11 is 0. The minimum absolute atomic E-state index is 0.144. The molecule has 172 valence electrons. The summed E-state index contributed by atoms with van der Waals surface area (Å²) in [6.45, 7) is 4.34. The van der Waals surface area contributed by atoms with E-state index in [1.54, 1.807) is 24.3 Å². The first-order valence-corrected chi connectivity index (χ1v) is 12.6. The van der Waals surface area contributed by atoms with Gasteiger partial charge in [-0.15, -0.1) is 0 Å². The smallest absolute Gasteiger partial charge is 0.243 e. The Morgan fingerprint density at radius 1 is 0.939 bits per heavy atom. The molecule has 1 fully saturated rings. The molecule has 1 aliphatic rings. The standard InChI is InChI=1S/C26H29N3O3S/c1-19-10-16-24(17-11-19)33(31,32)29-18-6-9-25(29)26(30)28-23-14-12-22(13-15-23)27-20(2)21-7-4-3-5-8-21/h3-5,7-8,10-17,20,25,27H,6,9,18H2,1-2H3,(H,28,30)/t20?,25-/m0/s1. The molecule has 1 aliphatic heterocycles. The predicted octanol–water partition coefficient (Wildman–Crippen LogP) is 4.96. The molecule has 33 heavy (non-hydrogen) atoms. The lowest BCUT2D eigenvalue weighted by atomic mass is 10.1. The Morgan fingerprint density at radius 3 is 2.24 bits per heavy atom. The second-order valence-corrected chi connectivity index (χ2v) is 10.3. The van der Waals surface area contributed by atoms with Crippen molar-refractivity contribution in [1.29, 1.82) is 0 Å². The maximum absolute atomic E-state index is 13.1. The molecule has 3 aromatic rings. The fourth-order valence-corrected chi connectivity index (χ4v) is 5.74. The van der Waals surface area contributed by atoms with E-state index in [0.717, 1.165) is 11.3 Å². The number of anilines is 2. The molecular weight excluding hydrogens is 434 g/mol. The van der Waals surface area contributed by atoms with Crippen LogP contribution in [-0.2, 0) is 14.8 Å². The molecule has 0 radical (unpaired) electrons. The Bertz CT molecular complexity index is 1190. The first-order chi connectivity index (χ1) is 15.8. The van der Waals surface area contributed by atoms with E-state index in [1.165, 1.54) is 9.87 Å². The average Bonchev–Trinajstić information content (AvgIpc) is 3.32. The molecule has 1 saturated heterocycles. The zero-order valence-corrected chi connectivity index (χ0v) is 19.7. The third-order valence-electron chi connectivity index (χ3n) is 5.97. The number of carbonyl (C=O) groups is 1. The molecule has 3 aromatic carbocycles. The number of aryl methyl sites for hydroxylation is 1. The van der Waals surface area contributed by atoms with Crippen molar-refractivity contribution in [3.63, 3.8) is 0 Å². The molecular formula is C26H29N3O3S. The van der Waals surface area contributed by atoms with Crippen LogP contribution in [-0.4, -0.2) is 31.2 Å². The Kier molecular flexibility index (Phi) is 6.81. The lowest BCUT2D eigenvalue weighted by Gasteiger charge is -2.23. The average molecular weight is 464 g/mol. The molecule has 4 rings (SSSR count). The highest BCUT2D eigenvalue weighted by Gasteiger charge is 2.39. The van der Waals surface area contributed by atoms with Crippen molar-refractivity contribution in [2.75, 3.05) is 17.2 Å². The highest BCUT2D eigenvalue weighted by molar-refractivity contribution is 7.89. The second-order valence-electron chi connectivity index (χ2n) is 8.43. The lowest BCUT2D eigenvalue weighted by molar-refractivity contribution is -0.119. The number of nitrogens with zero attached hydrogens (tertiary/aromatic N) is 1. The number of benzene rings is 3. The van der Waals surface area contributed by atoms with Crippen LogP contribution < -0.4 is 10.6 Å². The van der Waals surface area contributed by atoms with Gasteiger partial charge in [-0.25, -0.2) is 8.42 Å². The number of carbonyl (C=O) groups excluding carboxylic acids is 1. The zero-order chi connectivity index (χ0) is 23.4. The van der Waals surface area contributed by atoms with Crippen LogP contribution in [0.4, 0.5) is 11.4 Å². The third-order valence-corrected chi connectivity index (χ3v) is 7.89. The van der Waals surface area contributed by atoms with Crippen LogP contribution in [0.3, 0.4) is 0 Å². The highest BCUT2D eigenvalue weighted by atomic mass is 32.2. The summed E-state index contributed by atoms with van der Waals surface area (Å²) in [7, 11) is -3.73. The summed E-state index contributed by atoms with van der Waals surface area (Å²) in [6.07, 6.45) is 1.16. The van der Waals surface area contributed by atoms with Gasteiger partial charge in [-0.3, -0.25) is 4.79 Å². The van der Waals surface area contributed by atoms with Crippen molar-refractivity contribution in [2.24, 2.45) is 0 Å². The summed E-state index contributed by atoms with van der Waals surface area (Å²) < 4.78 is 27.6. The van der Waals surface area contributed by atoms with Gasteiger partial charge in [0.1, 0.15) is 6.04 Å². The van der Waals surface area contributed by atoms with Gasteiger partial charge in [-0.05, 0) is 68.7 Å². The van der Waals surface area contributed by atoms with Crippen LogP contribution >= 0.6 is 0 Å². The quantitative estimate of drug-likeness (QED) is 0.519. The summed E-state index contributed by atoms with van der Waals surface area (Å²) in [5, 5.41) is 6.33. The number of sulfonamides is 1. The van der Waals surface area contributed by atoms with Gasteiger partial charge in [-0.1, -0.05) is 48.0 Å². The Labute approximate surface area is 195 Å². The van der Waals surface area contributed by atoms with Crippen LogP contribution in [0.5, 0.6) is 0 Å². The molecule has 1 unspecified atom stereocenters. The van der Waals surface area contributed by atoms with Crippen LogP contribution in [0, 0.1) is 6.92 Å². The molecule has 0 saturated carbocycles. The SMILES string of the molecule is Cc1ccc(S(=O)(=O)N2CCC[C@H]2C(=O)Nc2ccc(NC(C)c3ccccc3)cc2)cc1. The van der Waals surface area contributed by atoms with E-state index in [9.17, 15) is 13.2 Å². The molecule has 1 heterocycles. The lowest BCUT2D eigenvalue weighted by Crippen LogP contribution is -2.43. The molecule has 6 nitrogen and oxygen atoms in total. The molecule has 0 aliphatic carbocycles. The van der Waals surface area contributed by atoms with Gasteiger partial charge in [-0.2, -0.15) is 4.31 Å². The number of nitrogens with one attached hydrogen (secondary N) is 2. The van der Waals surface area contributed by atoms with Crippen molar-refractivity contribution in [3.05, 3.63) is 90.0 Å². The van der Waals surface area contributed by atoms with Gasteiger partial charge in [0.15, 0.2) is 0 Å². The maximum atomic E-state index is 13.1. The van der Waals surface area contributed by atoms with E-state index in [4.69, 9.17) is 0 Å². The number of rotatable bonds is 7. The molecule has 2 N–H and O–H groups in total. The van der Waals surface area contributed by atoms with Crippen LogP contribution in [0.25, 0.3) is 0 Å². The minimum Gasteiger partial charge on any atom is -0.379 e. The topological polar surface area (TPSA) is 78.5 Å². The molecule has 1 amide bonds. The molecule has 2 atom stereocenters. The summed E-state index contributed by atoms with van der Waals surface area (Å²) in [5.41, 5.74) is 3.75. The zero-order valence-electron chi connectivity index (χ0n) is 18.9. The molecule has 7 heteroatoms. The number of hydrogen-bond acceptors (Lipinski definition) is 4. The van der Waals surface area contributed by atoms with Crippen molar-refractivity contribution >= 4 is 27.3 Å². The largest absolute Gasteiger partial charge is 0.379 e. The second kappa shape index (κ2) is 9.77. The Hall–Kier alpha value is -3.16. The fraction of sp³-hybridized carbons (Fsp3) is 0.269. The van der Waals surface area contributed by atoms with Crippen molar-refractivity contribution in [1.82, 2.24) is 4.31 Å². The number of hydrogen-bond donors (Lipinski definition) is 2. The molecule has 0 aromatic heterocycles. The predicted molar refractivity (Wildman–Crippen MR) is 132 cm³/mol. The van der Waals surface area contributed by atoms with Gasteiger partial charge in [0.25, 0.3) is 0 Å². The van der Waals surface area contributed by atoms with E-state index in [-0.39, 0.29) is 16.8 Å². The van der Waals surface area contributed by atoms with Gasteiger partial charge in [0.2, 0.25) is 15.9 Å². The van der Waals surface area contributed by atoms with Gasteiger partial charge in [0.05, 0.1) is 4.90 Å².